The third-order valence-electron chi connectivity index (χ3n) is 11.3. The SMILES string of the molecule is Cc1cc2c(cnn2C2CCCCO2)c(-c2nccc3c2sc2nc(OCC4(C)CNC4)nc(N4C[C@H]5CC[C@@H](C4)N5C(=O)OC(C)(C)C)c23)c1C(F)(F)F. The molecule has 1 unspecified atom stereocenters. The molecule has 9 rings (SSSR count). The van der Waals surface area contributed by atoms with Crippen LogP contribution in [0.25, 0.3) is 42.5 Å². The number of ether oxygens (including phenoxy) is 3. The van der Waals surface area contributed by atoms with Crippen molar-refractivity contribution in [2.45, 2.75) is 96.8 Å². The lowest BCUT2D eigenvalue weighted by Crippen LogP contribution is -2.57. The van der Waals surface area contributed by atoms with Gasteiger partial charge in [0, 0.05) is 60.7 Å². The van der Waals surface area contributed by atoms with E-state index in [1.165, 1.54) is 24.5 Å². The van der Waals surface area contributed by atoms with Crippen LogP contribution in [-0.4, -0.2) is 92.8 Å². The fourth-order valence-corrected chi connectivity index (χ4v) is 9.84. The molecule has 1 N–H and O–H groups in total. The van der Waals surface area contributed by atoms with Crippen LogP contribution < -0.4 is 15.0 Å². The number of piperazine rings is 1. The predicted octanol–water partition coefficient (Wildman–Crippen LogP) is 7.86. The van der Waals surface area contributed by atoms with E-state index in [-0.39, 0.29) is 52.7 Å². The first-order valence-corrected chi connectivity index (χ1v) is 19.9. The zero-order valence-electron chi connectivity index (χ0n) is 31.6. The number of nitrogens with zero attached hydrogens (tertiary/aromatic N) is 7. The van der Waals surface area contributed by atoms with E-state index < -0.39 is 17.3 Å². The van der Waals surface area contributed by atoms with Crippen LogP contribution in [0, 0.1) is 12.3 Å². The molecule has 1 aromatic carbocycles. The van der Waals surface area contributed by atoms with Gasteiger partial charge in [0.15, 0.2) is 6.23 Å². The van der Waals surface area contributed by atoms with Crippen molar-refractivity contribution in [3.63, 3.8) is 0 Å². The Kier molecular flexibility index (Phi) is 8.70. The molecular formula is C39H45F3N8O4S. The lowest BCUT2D eigenvalue weighted by Gasteiger charge is -2.42. The van der Waals surface area contributed by atoms with E-state index in [0.717, 1.165) is 50.6 Å². The molecule has 5 aromatic rings. The lowest BCUT2D eigenvalue weighted by atomic mass is 9.85. The number of rotatable bonds is 6. The molecule has 8 heterocycles. The van der Waals surface area contributed by atoms with Gasteiger partial charge in [-0.2, -0.15) is 28.2 Å². The maximum Gasteiger partial charge on any atom is 0.417 e. The normalized spacial score (nSPS) is 22.8. The number of nitrogens with one attached hydrogen (secondary N) is 1. The van der Waals surface area contributed by atoms with E-state index in [9.17, 15) is 4.79 Å². The molecule has 4 aliphatic rings. The van der Waals surface area contributed by atoms with Crippen LogP contribution in [0.3, 0.4) is 0 Å². The van der Waals surface area contributed by atoms with Gasteiger partial charge in [-0.1, -0.05) is 6.92 Å². The minimum atomic E-state index is -4.66. The number of hydrogen-bond acceptors (Lipinski definition) is 11. The number of carbonyl (C=O) groups excluding carboxylic acids is 1. The molecule has 12 nitrogen and oxygen atoms in total. The van der Waals surface area contributed by atoms with Crippen molar-refractivity contribution in [3.8, 4) is 17.3 Å². The third-order valence-corrected chi connectivity index (χ3v) is 12.4. The largest absolute Gasteiger partial charge is 0.463 e. The van der Waals surface area contributed by atoms with Crippen LogP contribution in [0.5, 0.6) is 6.01 Å². The van der Waals surface area contributed by atoms with Gasteiger partial charge in [-0.3, -0.25) is 9.88 Å². The predicted molar refractivity (Wildman–Crippen MR) is 204 cm³/mol. The summed E-state index contributed by atoms with van der Waals surface area (Å²) in [5, 5.41) is 9.68. The highest BCUT2D eigenvalue weighted by Crippen LogP contribution is 2.49. The monoisotopic (exact) mass is 778 g/mol. The Morgan fingerprint density at radius 3 is 2.51 bits per heavy atom. The van der Waals surface area contributed by atoms with Crippen LogP contribution in [0.4, 0.5) is 23.8 Å². The first kappa shape index (κ1) is 36.4. The van der Waals surface area contributed by atoms with Crippen molar-refractivity contribution in [1.82, 2.24) is 34.9 Å². The van der Waals surface area contributed by atoms with Crippen molar-refractivity contribution in [2.75, 3.05) is 44.3 Å². The van der Waals surface area contributed by atoms with Crippen LogP contribution in [-0.2, 0) is 15.7 Å². The first-order chi connectivity index (χ1) is 26.2. The maximum absolute atomic E-state index is 15.2. The molecule has 0 saturated carbocycles. The molecule has 0 aliphatic carbocycles. The zero-order chi connectivity index (χ0) is 38.4. The molecule has 0 spiro atoms. The molecule has 55 heavy (non-hydrogen) atoms. The number of benzene rings is 1. The molecule has 16 heteroatoms. The topological polar surface area (TPSA) is 120 Å². The Morgan fingerprint density at radius 1 is 1.09 bits per heavy atom. The highest BCUT2D eigenvalue weighted by Gasteiger charge is 2.46. The van der Waals surface area contributed by atoms with Crippen LogP contribution in [0.2, 0.25) is 0 Å². The molecule has 292 valence electrons. The number of anilines is 1. The minimum absolute atomic E-state index is 0.0119. The molecule has 2 bridgehead atoms. The van der Waals surface area contributed by atoms with Gasteiger partial charge in [0.05, 0.1) is 51.7 Å². The number of halogens is 3. The standard InChI is InChI=1S/C39H45F3N8O4S/c1-21-14-26-25(15-45-50(26)27-8-6-7-13-52-27)28(30(21)39(40,41)42)31-32-24(11-12-44-31)29-33(46-35(47-34(29)55-32)53-20-38(5)18-43-19-38)48-16-22-9-10-23(17-48)49(22)36(51)54-37(2,3)4/h11-12,14-15,22-23,27,43H,6-10,13,16-20H2,1-5H3/t22-,23+,27?. The Morgan fingerprint density at radius 2 is 1.85 bits per heavy atom. The van der Waals surface area contributed by atoms with E-state index >= 15 is 13.2 Å². The average Bonchev–Trinajstić information content (AvgIpc) is 3.79. The number of alkyl halides is 3. The van der Waals surface area contributed by atoms with E-state index in [1.807, 2.05) is 31.7 Å². The van der Waals surface area contributed by atoms with Gasteiger partial charge in [-0.15, -0.1) is 11.3 Å². The molecule has 3 atom stereocenters. The van der Waals surface area contributed by atoms with Crippen LogP contribution in [0.15, 0.2) is 24.5 Å². The number of aryl methyl sites for hydroxylation is 1. The zero-order valence-corrected chi connectivity index (χ0v) is 32.4. The van der Waals surface area contributed by atoms with Crippen molar-refractivity contribution >= 4 is 54.5 Å². The second-order valence-electron chi connectivity index (χ2n) is 16.8. The van der Waals surface area contributed by atoms with Gasteiger partial charge < -0.3 is 24.4 Å². The van der Waals surface area contributed by atoms with Gasteiger partial charge in [-0.25, -0.2) is 9.48 Å². The number of carbonyl (C=O) groups is 1. The summed E-state index contributed by atoms with van der Waals surface area (Å²) in [7, 11) is 0. The Hall–Kier alpha value is -4.28. The number of amides is 1. The van der Waals surface area contributed by atoms with Crippen molar-refractivity contribution in [2.24, 2.45) is 5.41 Å². The summed E-state index contributed by atoms with van der Waals surface area (Å²) in [5.41, 5.74) is -0.574. The maximum atomic E-state index is 15.2. The van der Waals surface area contributed by atoms with E-state index in [2.05, 4.69) is 27.2 Å². The second kappa shape index (κ2) is 13.2. The van der Waals surface area contributed by atoms with Gasteiger partial charge in [0.2, 0.25) is 0 Å². The van der Waals surface area contributed by atoms with Gasteiger partial charge in [-0.05, 0) is 77.5 Å². The molecule has 1 amide bonds. The molecular weight excluding hydrogens is 734 g/mol. The fraction of sp³-hybridized carbons (Fsp3) is 0.564. The summed E-state index contributed by atoms with van der Waals surface area (Å²) in [6.45, 7) is 12.9. The summed E-state index contributed by atoms with van der Waals surface area (Å²) in [5.74, 6) is 0.633. The average molecular weight is 779 g/mol. The molecule has 0 radical (unpaired) electrons. The van der Waals surface area contributed by atoms with Crippen molar-refractivity contribution < 1.29 is 32.2 Å². The van der Waals surface area contributed by atoms with Crippen molar-refractivity contribution in [1.29, 1.82) is 0 Å². The minimum Gasteiger partial charge on any atom is -0.463 e. The number of thiophene rings is 1. The highest BCUT2D eigenvalue weighted by molar-refractivity contribution is 7.26. The number of pyridine rings is 1. The summed E-state index contributed by atoms with van der Waals surface area (Å²) in [4.78, 5) is 32.6. The highest BCUT2D eigenvalue weighted by atomic mass is 32.1. The smallest absolute Gasteiger partial charge is 0.417 e. The Labute approximate surface area is 320 Å². The molecule has 4 aliphatic heterocycles. The summed E-state index contributed by atoms with van der Waals surface area (Å²) in [6, 6.07) is 3.42. The van der Waals surface area contributed by atoms with E-state index in [0.29, 0.717) is 57.9 Å². The van der Waals surface area contributed by atoms with Gasteiger partial charge >= 0.3 is 18.3 Å². The van der Waals surface area contributed by atoms with Crippen LogP contribution in [0.1, 0.15) is 77.2 Å². The molecule has 4 aromatic heterocycles. The summed E-state index contributed by atoms with van der Waals surface area (Å²) in [6.07, 6.45) is 2.00. The Bertz CT molecular complexity index is 2300. The van der Waals surface area contributed by atoms with E-state index in [1.54, 1.807) is 16.9 Å². The summed E-state index contributed by atoms with van der Waals surface area (Å²) < 4.78 is 65.9. The lowest BCUT2D eigenvalue weighted by molar-refractivity contribution is -0.137. The van der Waals surface area contributed by atoms with Gasteiger partial charge in [0.25, 0.3) is 0 Å². The molecule has 4 fully saturated rings. The second-order valence-corrected chi connectivity index (χ2v) is 17.8. The van der Waals surface area contributed by atoms with E-state index in [4.69, 9.17) is 24.2 Å². The van der Waals surface area contributed by atoms with Gasteiger partial charge in [0.1, 0.15) is 16.2 Å². The fourth-order valence-electron chi connectivity index (χ4n) is 8.69. The van der Waals surface area contributed by atoms with Crippen LogP contribution >= 0.6 is 11.3 Å². The summed E-state index contributed by atoms with van der Waals surface area (Å²) >= 11 is 1.29. The molecule has 4 saturated heterocycles. The quantitative estimate of drug-likeness (QED) is 0.183. The number of aromatic nitrogens is 5. The Balaban J connectivity index is 1.20. The number of hydrogen-bond donors (Lipinski definition) is 1. The third kappa shape index (κ3) is 6.43. The number of fused-ring (bicyclic) bond motifs is 6. The van der Waals surface area contributed by atoms with Crippen molar-refractivity contribution in [3.05, 3.63) is 35.7 Å². The first-order valence-electron chi connectivity index (χ1n) is 19.1.